The highest BCUT2D eigenvalue weighted by molar-refractivity contribution is 6.39. The van der Waals surface area contributed by atoms with Crippen LogP contribution >= 0.6 is 34.8 Å². The average Bonchev–Trinajstić information content (AvgIpc) is 3.19. The highest BCUT2D eigenvalue weighted by Crippen LogP contribution is 2.48. The fourth-order valence-electron chi connectivity index (χ4n) is 4.97. The summed E-state index contributed by atoms with van der Waals surface area (Å²) in [5.74, 6) is 0. The Labute approximate surface area is 204 Å². The first-order chi connectivity index (χ1) is 15.4. The van der Waals surface area contributed by atoms with Crippen LogP contribution in [0.2, 0.25) is 15.1 Å². The van der Waals surface area contributed by atoms with Gasteiger partial charge in [0.25, 0.3) is 0 Å². The number of hydrogen-bond acceptors (Lipinski definition) is 3. The van der Waals surface area contributed by atoms with Crippen molar-refractivity contribution in [1.82, 2.24) is 15.1 Å². The molecule has 1 N–H and O–H groups in total. The summed E-state index contributed by atoms with van der Waals surface area (Å²) in [7, 11) is 1.76. The topological polar surface area (TPSA) is 41.2 Å². The summed E-state index contributed by atoms with van der Waals surface area (Å²) < 4.78 is 6.07. The van der Waals surface area contributed by atoms with Gasteiger partial charge < -0.3 is 4.74 Å². The summed E-state index contributed by atoms with van der Waals surface area (Å²) in [4.78, 5) is 2.38. The Balaban J connectivity index is 2.00. The predicted octanol–water partition coefficient (Wildman–Crippen LogP) is 7.18. The van der Waals surface area contributed by atoms with Gasteiger partial charge in [0, 0.05) is 51.5 Å². The number of hydrogen-bond donors (Lipinski definition) is 1. The molecule has 2 heterocycles. The molecule has 1 aliphatic heterocycles. The molecular weight excluding hydrogens is 465 g/mol. The van der Waals surface area contributed by atoms with Crippen molar-refractivity contribution in [2.75, 3.05) is 7.11 Å². The van der Waals surface area contributed by atoms with Crippen molar-refractivity contribution in [3.05, 3.63) is 85.1 Å². The summed E-state index contributed by atoms with van der Waals surface area (Å²) in [6, 6.07) is 11.9. The van der Waals surface area contributed by atoms with E-state index in [1.807, 2.05) is 0 Å². The van der Waals surface area contributed by atoms with Gasteiger partial charge in [-0.1, -0.05) is 72.9 Å². The maximum Gasteiger partial charge on any atom is 0.115 e. The largest absolute Gasteiger partial charge is 0.366 e. The van der Waals surface area contributed by atoms with Crippen molar-refractivity contribution in [1.29, 1.82) is 0 Å². The van der Waals surface area contributed by atoms with Crippen molar-refractivity contribution >= 4 is 34.8 Å². The standard InChI is InChI=1S/C25H28Cl3N3O/c1-5-20-24(21(6-2)30-29-20)25(23-18(27)12-16(26)13-19(23)28)31-14(3)17-10-8-7-9-15(17)11-22(31)32-4/h7-10,12-14,22,25H,5-6,11H2,1-4H3,(H,29,30). The second kappa shape index (κ2) is 9.74. The summed E-state index contributed by atoms with van der Waals surface area (Å²) >= 11 is 19.9. The highest BCUT2D eigenvalue weighted by Gasteiger charge is 2.41. The molecule has 1 aliphatic rings. The molecule has 7 heteroatoms. The number of aromatic nitrogens is 2. The third-order valence-electron chi connectivity index (χ3n) is 6.49. The molecule has 0 spiro atoms. The van der Waals surface area contributed by atoms with Crippen LogP contribution in [0.3, 0.4) is 0 Å². The quantitative estimate of drug-likeness (QED) is 0.396. The van der Waals surface area contributed by atoms with E-state index in [9.17, 15) is 0 Å². The minimum Gasteiger partial charge on any atom is -0.366 e. The maximum atomic E-state index is 6.83. The van der Waals surface area contributed by atoms with Crippen molar-refractivity contribution in [3.8, 4) is 0 Å². The summed E-state index contributed by atoms with van der Waals surface area (Å²) in [6.45, 7) is 6.46. The molecule has 0 aliphatic carbocycles. The molecule has 170 valence electrons. The number of rotatable bonds is 6. The van der Waals surface area contributed by atoms with Crippen LogP contribution in [0.4, 0.5) is 0 Å². The van der Waals surface area contributed by atoms with Crippen LogP contribution in [0.1, 0.15) is 66.5 Å². The van der Waals surface area contributed by atoms with E-state index in [1.165, 1.54) is 11.1 Å². The number of aromatic amines is 1. The minimum atomic E-state index is -0.246. The Kier molecular flexibility index (Phi) is 7.18. The first-order valence-electron chi connectivity index (χ1n) is 11.0. The number of methoxy groups -OCH3 is 1. The SMILES string of the molecule is CCc1n[nH]c(CC)c1C(c1c(Cl)cc(Cl)cc1Cl)N1C(OC)Cc2ccccc2C1C. The van der Waals surface area contributed by atoms with Gasteiger partial charge in [-0.3, -0.25) is 10.00 Å². The highest BCUT2D eigenvalue weighted by atomic mass is 35.5. The molecule has 0 saturated carbocycles. The van der Waals surface area contributed by atoms with Crippen LogP contribution in [0, 0.1) is 0 Å². The Morgan fingerprint density at radius 3 is 2.41 bits per heavy atom. The summed E-state index contributed by atoms with van der Waals surface area (Å²) in [5, 5.41) is 9.49. The molecule has 0 fully saturated rings. The van der Waals surface area contributed by atoms with Gasteiger partial charge in [-0.15, -0.1) is 0 Å². The molecule has 2 aromatic carbocycles. The molecule has 3 aromatic rings. The van der Waals surface area contributed by atoms with Crippen molar-refractivity contribution in [2.45, 2.75) is 58.3 Å². The number of benzene rings is 2. The molecule has 0 bridgehead atoms. The third-order valence-corrected chi connectivity index (χ3v) is 7.33. The third kappa shape index (κ3) is 4.08. The van der Waals surface area contributed by atoms with Gasteiger partial charge in [-0.05, 0) is 43.0 Å². The van der Waals surface area contributed by atoms with E-state index in [-0.39, 0.29) is 18.3 Å². The van der Waals surface area contributed by atoms with Crippen molar-refractivity contribution in [2.24, 2.45) is 0 Å². The number of ether oxygens (including phenoxy) is 1. The Morgan fingerprint density at radius 1 is 1.09 bits per heavy atom. The van der Waals surface area contributed by atoms with E-state index in [1.54, 1.807) is 19.2 Å². The number of H-pyrrole nitrogens is 1. The molecule has 3 unspecified atom stereocenters. The van der Waals surface area contributed by atoms with E-state index in [2.05, 4.69) is 60.1 Å². The minimum absolute atomic E-state index is 0.0713. The van der Waals surface area contributed by atoms with E-state index >= 15 is 0 Å². The van der Waals surface area contributed by atoms with Crippen LogP contribution < -0.4 is 0 Å². The summed E-state index contributed by atoms with van der Waals surface area (Å²) in [6.07, 6.45) is 2.23. The van der Waals surface area contributed by atoms with Crippen LogP contribution in [0.5, 0.6) is 0 Å². The molecule has 32 heavy (non-hydrogen) atoms. The zero-order valence-corrected chi connectivity index (χ0v) is 21.0. The molecule has 1 aromatic heterocycles. The lowest BCUT2D eigenvalue weighted by Crippen LogP contribution is -2.46. The average molecular weight is 493 g/mol. The van der Waals surface area contributed by atoms with Crippen LogP contribution in [0.15, 0.2) is 36.4 Å². The van der Waals surface area contributed by atoms with E-state index in [0.717, 1.165) is 41.8 Å². The fourth-order valence-corrected chi connectivity index (χ4v) is 6.00. The van der Waals surface area contributed by atoms with Crippen LogP contribution in [-0.2, 0) is 24.0 Å². The number of halogens is 3. The smallest absolute Gasteiger partial charge is 0.115 e. The lowest BCUT2D eigenvalue weighted by Gasteiger charge is -2.46. The predicted molar refractivity (Wildman–Crippen MR) is 132 cm³/mol. The van der Waals surface area contributed by atoms with Gasteiger partial charge in [-0.2, -0.15) is 5.10 Å². The van der Waals surface area contributed by atoms with Crippen LogP contribution in [-0.4, -0.2) is 28.4 Å². The van der Waals surface area contributed by atoms with Crippen LogP contribution in [0.25, 0.3) is 0 Å². The Bertz CT molecular complexity index is 1070. The van der Waals surface area contributed by atoms with E-state index < -0.39 is 0 Å². The van der Waals surface area contributed by atoms with Crippen molar-refractivity contribution < 1.29 is 4.74 Å². The Morgan fingerprint density at radius 2 is 1.78 bits per heavy atom. The zero-order chi connectivity index (χ0) is 23.0. The van der Waals surface area contributed by atoms with Gasteiger partial charge in [0.2, 0.25) is 0 Å². The summed E-state index contributed by atoms with van der Waals surface area (Å²) in [5.41, 5.74) is 6.62. The first-order valence-corrected chi connectivity index (χ1v) is 12.1. The lowest BCUT2D eigenvalue weighted by molar-refractivity contribution is -0.0779. The first kappa shape index (κ1) is 23.6. The second-order valence-electron chi connectivity index (χ2n) is 8.17. The lowest BCUT2D eigenvalue weighted by atomic mass is 9.86. The molecule has 4 rings (SSSR count). The van der Waals surface area contributed by atoms with Gasteiger partial charge in [0.1, 0.15) is 6.23 Å². The molecule has 4 nitrogen and oxygen atoms in total. The van der Waals surface area contributed by atoms with E-state index in [0.29, 0.717) is 15.1 Å². The Hall–Kier alpha value is -1.56. The second-order valence-corrected chi connectivity index (χ2v) is 9.42. The van der Waals surface area contributed by atoms with Gasteiger partial charge in [-0.25, -0.2) is 0 Å². The normalized spacial score (nSPS) is 19.7. The molecule has 0 radical (unpaired) electrons. The molecule has 0 saturated heterocycles. The number of nitrogens with one attached hydrogen (secondary N) is 1. The zero-order valence-electron chi connectivity index (χ0n) is 18.8. The maximum absolute atomic E-state index is 6.83. The number of aryl methyl sites for hydroxylation is 2. The van der Waals surface area contributed by atoms with E-state index in [4.69, 9.17) is 39.5 Å². The molecule has 0 amide bonds. The van der Waals surface area contributed by atoms with Gasteiger partial charge >= 0.3 is 0 Å². The van der Waals surface area contributed by atoms with Gasteiger partial charge in [0.15, 0.2) is 0 Å². The number of nitrogens with zero attached hydrogens (tertiary/aromatic N) is 2. The molecule has 3 atom stereocenters. The van der Waals surface area contributed by atoms with Crippen molar-refractivity contribution in [3.63, 3.8) is 0 Å². The monoisotopic (exact) mass is 491 g/mol. The molecular formula is C25H28Cl3N3O. The number of fused-ring (bicyclic) bond motifs is 1. The fraction of sp³-hybridized carbons (Fsp3) is 0.400. The van der Waals surface area contributed by atoms with Gasteiger partial charge in [0.05, 0.1) is 11.7 Å².